The summed E-state index contributed by atoms with van der Waals surface area (Å²) in [5.41, 5.74) is 4.16. The van der Waals surface area contributed by atoms with E-state index in [9.17, 15) is 0 Å². The Labute approximate surface area is 169 Å². The van der Waals surface area contributed by atoms with Crippen molar-refractivity contribution in [1.29, 1.82) is 0 Å². The highest BCUT2D eigenvalue weighted by Crippen LogP contribution is 2.19. The van der Waals surface area contributed by atoms with Crippen LogP contribution in [0, 0.1) is 13.8 Å². The number of rotatable bonds is 6. The monoisotopic (exact) mass is 401 g/mol. The molecule has 0 saturated carbocycles. The predicted octanol–water partition coefficient (Wildman–Crippen LogP) is 2.65. The van der Waals surface area contributed by atoms with E-state index < -0.39 is 0 Å². The van der Waals surface area contributed by atoms with Gasteiger partial charge in [0.05, 0.1) is 5.69 Å². The van der Waals surface area contributed by atoms with Gasteiger partial charge in [-0.05, 0) is 26.0 Å². The van der Waals surface area contributed by atoms with Gasteiger partial charge >= 0.3 is 0 Å². The van der Waals surface area contributed by atoms with Gasteiger partial charge in [-0.25, -0.2) is 0 Å². The van der Waals surface area contributed by atoms with Crippen LogP contribution in [0.4, 0.5) is 0 Å². The molecule has 0 radical (unpaired) electrons. The van der Waals surface area contributed by atoms with E-state index in [1.54, 1.807) is 7.05 Å². The van der Waals surface area contributed by atoms with Gasteiger partial charge in [0.1, 0.15) is 0 Å². The molecule has 8 nitrogen and oxygen atoms in total. The summed E-state index contributed by atoms with van der Waals surface area (Å²) in [5, 5.41) is 15.6. The number of benzene rings is 1. The smallest absolute Gasteiger partial charge is 0.228 e. The molecule has 0 saturated heterocycles. The van der Waals surface area contributed by atoms with Crippen LogP contribution in [0.15, 0.2) is 33.8 Å². The second kappa shape index (κ2) is 8.88. The van der Waals surface area contributed by atoms with Gasteiger partial charge in [0.25, 0.3) is 0 Å². The van der Waals surface area contributed by atoms with Crippen molar-refractivity contribution in [3.8, 4) is 11.4 Å². The second-order valence-electron chi connectivity index (χ2n) is 6.40. The molecule has 9 heteroatoms. The van der Waals surface area contributed by atoms with Crippen molar-refractivity contribution in [1.82, 2.24) is 30.6 Å². The first kappa shape index (κ1) is 19.9. The summed E-state index contributed by atoms with van der Waals surface area (Å²) in [5.74, 6) is 1.79. The van der Waals surface area contributed by atoms with E-state index in [4.69, 9.17) is 16.1 Å². The Morgan fingerprint density at radius 1 is 1.29 bits per heavy atom. The predicted molar refractivity (Wildman–Crippen MR) is 109 cm³/mol. The minimum absolute atomic E-state index is 0.530. The molecule has 28 heavy (non-hydrogen) atoms. The van der Waals surface area contributed by atoms with Crippen molar-refractivity contribution >= 4 is 17.6 Å². The quantitative estimate of drug-likeness (QED) is 0.487. The fourth-order valence-electron chi connectivity index (χ4n) is 2.86. The van der Waals surface area contributed by atoms with Gasteiger partial charge in [0, 0.05) is 55.4 Å². The number of hydrogen-bond donors (Lipinski definition) is 2. The minimum atomic E-state index is 0.530. The third kappa shape index (κ3) is 4.69. The second-order valence-corrected chi connectivity index (χ2v) is 6.83. The molecule has 2 heterocycles. The molecule has 0 atom stereocenters. The number of aryl methyl sites for hydroxylation is 2. The van der Waals surface area contributed by atoms with Crippen LogP contribution in [0.3, 0.4) is 0 Å². The Morgan fingerprint density at radius 2 is 2.11 bits per heavy atom. The lowest BCUT2D eigenvalue weighted by atomic mass is 10.2. The fraction of sp³-hybridized carbons (Fsp3) is 0.368. The molecule has 0 amide bonds. The number of nitrogens with one attached hydrogen (secondary N) is 2. The van der Waals surface area contributed by atoms with Crippen molar-refractivity contribution in [2.75, 3.05) is 13.6 Å². The minimum Gasteiger partial charge on any atom is -0.356 e. The summed E-state index contributed by atoms with van der Waals surface area (Å²) < 4.78 is 7.21. The van der Waals surface area contributed by atoms with Crippen LogP contribution in [-0.4, -0.2) is 39.5 Å². The molecule has 0 spiro atoms. The van der Waals surface area contributed by atoms with Gasteiger partial charge in [-0.3, -0.25) is 9.67 Å². The van der Waals surface area contributed by atoms with Crippen molar-refractivity contribution in [3.63, 3.8) is 0 Å². The average Bonchev–Trinajstić information content (AvgIpc) is 3.24. The van der Waals surface area contributed by atoms with Crippen molar-refractivity contribution < 1.29 is 4.52 Å². The molecule has 0 aliphatic heterocycles. The molecule has 0 unspecified atom stereocenters. The van der Waals surface area contributed by atoms with E-state index in [1.807, 2.05) is 42.9 Å². The third-order valence-corrected chi connectivity index (χ3v) is 4.73. The maximum absolute atomic E-state index is 6.01. The zero-order valence-electron chi connectivity index (χ0n) is 16.5. The standard InChI is InChI=1S/C19H24ClN7O/c1-12-16(13(2)27(4)25-12)11-23-19(21-3)22-9-8-17-24-18(26-28-17)14-6-5-7-15(20)10-14/h5-7,10H,8-9,11H2,1-4H3,(H2,21,22,23). The number of hydrogen-bond acceptors (Lipinski definition) is 5. The SMILES string of the molecule is CN=C(NCCc1nc(-c2cccc(Cl)c2)no1)NCc1c(C)nn(C)c1C. The van der Waals surface area contributed by atoms with E-state index in [0.29, 0.717) is 42.2 Å². The topological polar surface area (TPSA) is 93.2 Å². The number of nitrogens with zero attached hydrogens (tertiary/aromatic N) is 5. The van der Waals surface area contributed by atoms with Crippen LogP contribution in [0.5, 0.6) is 0 Å². The summed E-state index contributed by atoms with van der Waals surface area (Å²) in [6, 6.07) is 7.37. The number of guanidine groups is 1. The number of aromatic nitrogens is 4. The lowest BCUT2D eigenvalue weighted by Crippen LogP contribution is -2.38. The molecule has 0 fully saturated rings. The van der Waals surface area contributed by atoms with Crippen LogP contribution < -0.4 is 10.6 Å². The summed E-state index contributed by atoms with van der Waals surface area (Å²) in [6.45, 7) is 5.33. The van der Waals surface area contributed by atoms with E-state index >= 15 is 0 Å². The van der Waals surface area contributed by atoms with Gasteiger partial charge in [0.15, 0.2) is 5.96 Å². The largest absolute Gasteiger partial charge is 0.356 e. The molecule has 2 aromatic heterocycles. The van der Waals surface area contributed by atoms with Crippen molar-refractivity contribution in [2.45, 2.75) is 26.8 Å². The summed E-state index contributed by atoms with van der Waals surface area (Å²) in [6.07, 6.45) is 0.583. The van der Waals surface area contributed by atoms with Crippen LogP contribution in [0.25, 0.3) is 11.4 Å². The van der Waals surface area contributed by atoms with Gasteiger partial charge in [-0.1, -0.05) is 28.9 Å². The third-order valence-electron chi connectivity index (χ3n) is 4.50. The van der Waals surface area contributed by atoms with Crippen LogP contribution in [0.2, 0.25) is 5.02 Å². The molecular formula is C19H24ClN7O. The highest BCUT2D eigenvalue weighted by atomic mass is 35.5. The Hall–Kier alpha value is -2.87. The van der Waals surface area contributed by atoms with Gasteiger partial charge in [0.2, 0.25) is 11.7 Å². The Morgan fingerprint density at radius 3 is 2.79 bits per heavy atom. The molecule has 148 valence electrons. The van der Waals surface area contributed by atoms with E-state index in [-0.39, 0.29) is 0 Å². The normalized spacial score (nSPS) is 11.7. The fourth-order valence-corrected chi connectivity index (χ4v) is 3.05. The zero-order chi connectivity index (χ0) is 20.1. The molecule has 0 aliphatic carbocycles. The molecule has 3 rings (SSSR count). The molecule has 1 aromatic carbocycles. The van der Waals surface area contributed by atoms with Crippen LogP contribution in [-0.2, 0) is 20.0 Å². The first-order chi connectivity index (χ1) is 13.5. The molecular weight excluding hydrogens is 378 g/mol. The lowest BCUT2D eigenvalue weighted by Gasteiger charge is -2.11. The van der Waals surface area contributed by atoms with E-state index in [2.05, 4.69) is 37.8 Å². The van der Waals surface area contributed by atoms with Crippen molar-refractivity contribution in [3.05, 3.63) is 52.1 Å². The average molecular weight is 402 g/mol. The van der Waals surface area contributed by atoms with Crippen LogP contribution >= 0.6 is 11.6 Å². The van der Waals surface area contributed by atoms with Crippen molar-refractivity contribution in [2.24, 2.45) is 12.0 Å². The van der Waals surface area contributed by atoms with E-state index in [0.717, 1.165) is 17.0 Å². The van der Waals surface area contributed by atoms with Gasteiger partial charge in [-0.15, -0.1) is 0 Å². The summed E-state index contributed by atoms with van der Waals surface area (Å²) in [7, 11) is 3.68. The highest BCUT2D eigenvalue weighted by molar-refractivity contribution is 6.30. The Bertz CT molecular complexity index is 977. The first-order valence-corrected chi connectivity index (χ1v) is 9.38. The lowest BCUT2D eigenvalue weighted by molar-refractivity contribution is 0.378. The molecule has 2 N–H and O–H groups in total. The number of halogens is 1. The maximum Gasteiger partial charge on any atom is 0.228 e. The summed E-state index contributed by atoms with van der Waals surface area (Å²) in [4.78, 5) is 8.66. The Balaban J connectivity index is 1.51. The van der Waals surface area contributed by atoms with Gasteiger partial charge in [-0.2, -0.15) is 10.1 Å². The zero-order valence-corrected chi connectivity index (χ0v) is 17.2. The molecule has 0 aliphatic rings. The molecule has 0 bridgehead atoms. The van der Waals surface area contributed by atoms with Crippen LogP contribution in [0.1, 0.15) is 22.8 Å². The highest BCUT2D eigenvalue weighted by Gasteiger charge is 2.11. The van der Waals surface area contributed by atoms with E-state index in [1.165, 1.54) is 5.56 Å². The first-order valence-electron chi connectivity index (χ1n) is 9.00. The summed E-state index contributed by atoms with van der Waals surface area (Å²) >= 11 is 6.01. The van der Waals surface area contributed by atoms with Gasteiger partial charge < -0.3 is 15.2 Å². The maximum atomic E-state index is 6.01. The number of aliphatic imine (C=N–C) groups is 1. The Kier molecular flexibility index (Phi) is 6.30. The molecule has 3 aromatic rings.